The second-order valence-corrected chi connectivity index (χ2v) is 5.88. The van der Waals surface area contributed by atoms with Crippen molar-refractivity contribution in [1.29, 1.82) is 0 Å². The molecule has 1 amide bonds. The zero-order valence-electron chi connectivity index (χ0n) is 15.4. The van der Waals surface area contributed by atoms with Crippen LogP contribution in [-0.2, 0) is 4.79 Å². The van der Waals surface area contributed by atoms with Crippen LogP contribution in [0.5, 0.6) is 11.5 Å². The van der Waals surface area contributed by atoms with Crippen LogP contribution in [-0.4, -0.2) is 26.7 Å². The van der Waals surface area contributed by atoms with Gasteiger partial charge in [-0.15, -0.1) is 0 Å². The number of hydrogen-bond acceptors (Lipinski definition) is 4. The minimum absolute atomic E-state index is 0.138. The van der Waals surface area contributed by atoms with E-state index >= 15 is 0 Å². The lowest BCUT2D eigenvalue weighted by atomic mass is 10.0. The van der Waals surface area contributed by atoms with Crippen LogP contribution in [0.15, 0.2) is 72.8 Å². The van der Waals surface area contributed by atoms with Crippen molar-refractivity contribution in [3.8, 4) is 22.6 Å². The molecule has 0 spiro atoms. The number of ether oxygens (including phenoxy) is 2. The molecule has 0 atom stereocenters. The molecule has 3 aromatic carbocycles. The maximum atomic E-state index is 12.4. The summed E-state index contributed by atoms with van der Waals surface area (Å²) in [6.45, 7) is 0.138. The van der Waals surface area contributed by atoms with Crippen LogP contribution < -0.4 is 20.1 Å². The molecule has 2 N–H and O–H groups in total. The van der Waals surface area contributed by atoms with Crippen LogP contribution in [0.1, 0.15) is 0 Å². The third-order valence-corrected chi connectivity index (χ3v) is 4.13. The Morgan fingerprint density at radius 1 is 0.852 bits per heavy atom. The van der Waals surface area contributed by atoms with Crippen LogP contribution in [0.25, 0.3) is 11.1 Å². The minimum atomic E-state index is -0.165. The number of carbonyl (C=O) groups is 1. The Labute approximate surface area is 158 Å². The van der Waals surface area contributed by atoms with Gasteiger partial charge in [0, 0.05) is 17.3 Å². The van der Waals surface area contributed by atoms with Crippen molar-refractivity contribution in [2.75, 3.05) is 31.4 Å². The van der Waals surface area contributed by atoms with Gasteiger partial charge < -0.3 is 20.1 Å². The number of rotatable bonds is 7. The summed E-state index contributed by atoms with van der Waals surface area (Å²) < 4.78 is 10.5. The van der Waals surface area contributed by atoms with Crippen molar-refractivity contribution in [2.45, 2.75) is 0 Å². The van der Waals surface area contributed by atoms with E-state index in [-0.39, 0.29) is 12.5 Å². The highest BCUT2D eigenvalue weighted by Crippen LogP contribution is 2.29. The van der Waals surface area contributed by atoms with Gasteiger partial charge >= 0.3 is 0 Å². The van der Waals surface area contributed by atoms with E-state index in [2.05, 4.69) is 10.6 Å². The van der Waals surface area contributed by atoms with E-state index in [4.69, 9.17) is 9.47 Å². The lowest BCUT2D eigenvalue weighted by Crippen LogP contribution is -2.22. The third-order valence-electron chi connectivity index (χ3n) is 4.13. The summed E-state index contributed by atoms with van der Waals surface area (Å²) in [4.78, 5) is 12.4. The van der Waals surface area contributed by atoms with E-state index in [0.29, 0.717) is 17.2 Å². The molecule has 0 saturated heterocycles. The molecule has 3 aromatic rings. The Morgan fingerprint density at radius 2 is 1.59 bits per heavy atom. The fourth-order valence-corrected chi connectivity index (χ4v) is 2.78. The Kier molecular flexibility index (Phi) is 5.94. The molecule has 138 valence electrons. The first-order chi connectivity index (χ1) is 13.2. The lowest BCUT2D eigenvalue weighted by Gasteiger charge is -2.14. The van der Waals surface area contributed by atoms with Gasteiger partial charge in [0.2, 0.25) is 5.91 Å². The van der Waals surface area contributed by atoms with Gasteiger partial charge in [0.1, 0.15) is 11.5 Å². The smallest absolute Gasteiger partial charge is 0.243 e. The molecule has 0 bridgehead atoms. The van der Waals surface area contributed by atoms with Crippen LogP contribution in [0.4, 0.5) is 11.4 Å². The van der Waals surface area contributed by atoms with E-state index in [1.165, 1.54) is 0 Å². The molecule has 0 fully saturated rings. The Balaban J connectivity index is 1.69. The first-order valence-corrected chi connectivity index (χ1v) is 8.61. The van der Waals surface area contributed by atoms with Gasteiger partial charge in [0.25, 0.3) is 0 Å². The number of carbonyl (C=O) groups excluding carboxylic acids is 1. The topological polar surface area (TPSA) is 59.6 Å². The molecule has 5 heteroatoms. The highest BCUT2D eigenvalue weighted by molar-refractivity contribution is 5.95. The van der Waals surface area contributed by atoms with E-state index in [9.17, 15) is 4.79 Å². The summed E-state index contributed by atoms with van der Waals surface area (Å²) in [6.07, 6.45) is 0. The van der Waals surface area contributed by atoms with E-state index in [0.717, 1.165) is 16.8 Å². The Morgan fingerprint density at radius 3 is 2.33 bits per heavy atom. The van der Waals surface area contributed by atoms with E-state index in [1.54, 1.807) is 32.4 Å². The molecule has 0 aromatic heterocycles. The largest absolute Gasteiger partial charge is 0.497 e. The summed E-state index contributed by atoms with van der Waals surface area (Å²) in [5.41, 5.74) is 3.65. The number of para-hydroxylation sites is 1. The van der Waals surface area contributed by atoms with Crippen molar-refractivity contribution in [2.24, 2.45) is 0 Å². The van der Waals surface area contributed by atoms with E-state index in [1.807, 2.05) is 54.6 Å². The summed E-state index contributed by atoms with van der Waals surface area (Å²) in [5.74, 6) is 1.05. The molecule has 0 aliphatic rings. The number of amides is 1. The van der Waals surface area contributed by atoms with Crippen molar-refractivity contribution < 1.29 is 14.3 Å². The summed E-state index contributed by atoms with van der Waals surface area (Å²) in [5, 5.41) is 6.07. The van der Waals surface area contributed by atoms with Crippen molar-refractivity contribution in [3.63, 3.8) is 0 Å². The quantitative estimate of drug-likeness (QED) is 0.653. The van der Waals surface area contributed by atoms with Crippen molar-refractivity contribution in [3.05, 3.63) is 72.8 Å². The molecule has 3 rings (SSSR count). The molecular formula is C22H22N2O3. The normalized spacial score (nSPS) is 10.1. The van der Waals surface area contributed by atoms with Gasteiger partial charge in [0.05, 0.1) is 26.5 Å². The molecule has 0 unspecified atom stereocenters. The third kappa shape index (κ3) is 4.58. The highest BCUT2D eigenvalue weighted by Gasteiger charge is 2.10. The lowest BCUT2D eigenvalue weighted by molar-refractivity contribution is -0.114. The van der Waals surface area contributed by atoms with Crippen LogP contribution in [0.3, 0.4) is 0 Å². The van der Waals surface area contributed by atoms with Gasteiger partial charge in [0.15, 0.2) is 0 Å². The van der Waals surface area contributed by atoms with Crippen molar-refractivity contribution >= 4 is 17.3 Å². The first-order valence-electron chi connectivity index (χ1n) is 8.61. The Bertz CT molecular complexity index is 910. The standard InChI is InChI=1S/C22H22N2O3/c1-26-17-12-13-20(21(14-17)27-2)24-22(25)15-23-19-11-7-6-10-18(19)16-8-4-3-5-9-16/h3-14,23H,15H2,1-2H3,(H,24,25). The second kappa shape index (κ2) is 8.76. The minimum Gasteiger partial charge on any atom is -0.497 e. The second-order valence-electron chi connectivity index (χ2n) is 5.88. The van der Waals surface area contributed by atoms with Gasteiger partial charge in [-0.25, -0.2) is 0 Å². The van der Waals surface area contributed by atoms with Gasteiger partial charge in [-0.05, 0) is 23.8 Å². The number of methoxy groups -OCH3 is 2. The SMILES string of the molecule is COc1ccc(NC(=O)CNc2ccccc2-c2ccccc2)c(OC)c1. The zero-order chi connectivity index (χ0) is 19.1. The number of benzene rings is 3. The highest BCUT2D eigenvalue weighted by atomic mass is 16.5. The summed E-state index contributed by atoms with van der Waals surface area (Å²) in [6, 6.07) is 23.2. The number of anilines is 2. The fourth-order valence-electron chi connectivity index (χ4n) is 2.78. The molecule has 0 saturated carbocycles. The predicted molar refractivity (Wildman–Crippen MR) is 109 cm³/mol. The average Bonchev–Trinajstić information content (AvgIpc) is 2.73. The maximum Gasteiger partial charge on any atom is 0.243 e. The van der Waals surface area contributed by atoms with Crippen LogP contribution in [0, 0.1) is 0 Å². The summed E-state index contributed by atoms with van der Waals surface area (Å²) in [7, 11) is 3.14. The van der Waals surface area contributed by atoms with Gasteiger partial charge in [-0.3, -0.25) is 4.79 Å². The maximum absolute atomic E-state index is 12.4. The van der Waals surface area contributed by atoms with Crippen molar-refractivity contribution in [1.82, 2.24) is 0 Å². The summed E-state index contributed by atoms with van der Waals surface area (Å²) >= 11 is 0. The zero-order valence-corrected chi connectivity index (χ0v) is 15.4. The molecule has 0 radical (unpaired) electrons. The van der Waals surface area contributed by atoms with Crippen LogP contribution >= 0.6 is 0 Å². The van der Waals surface area contributed by atoms with Gasteiger partial charge in [-0.1, -0.05) is 48.5 Å². The van der Waals surface area contributed by atoms with Crippen LogP contribution in [0.2, 0.25) is 0 Å². The monoisotopic (exact) mass is 362 g/mol. The molecule has 0 aliphatic heterocycles. The molecule has 5 nitrogen and oxygen atoms in total. The molecule has 0 heterocycles. The Hall–Kier alpha value is -3.47. The molecule has 27 heavy (non-hydrogen) atoms. The van der Waals surface area contributed by atoms with Gasteiger partial charge in [-0.2, -0.15) is 0 Å². The number of hydrogen-bond donors (Lipinski definition) is 2. The first kappa shape index (κ1) is 18.3. The average molecular weight is 362 g/mol. The number of nitrogens with one attached hydrogen (secondary N) is 2. The molecular weight excluding hydrogens is 340 g/mol. The predicted octanol–water partition coefficient (Wildman–Crippen LogP) is 4.42. The van der Waals surface area contributed by atoms with E-state index < -0.39 is 0 Å². The molecule has 0 aliphatic carbocycles. The fraction of sp³-hybridized carbons (Fsp3) is 0.136.